The maximum absolute atomic E-state index is 6.22. The number of hydrogen-bond acceptors (Lipinski definition) is 5. The van der Waals surface area contributed by atoms with E-state index in [1.54, 1.807) is 21.3 Å². The van der Waals surface area contributed by atoms with Crippen LogP contribution in [0.3, 0.4) is 0 Å². The Balaban J connectivity index is 1.61. The molecule has 6 nitrogen and oxygen atoms in total. The van der Waals surface area contributed by atoms with Crippen molar-refractivity contribution in [3.63, 3.8) is 0 Å². The molecular weight excluding hydrogens is 464 g/mol. The Hall–Kier alpha value is -4.71. The maximum Gasteiger partial charge on any atom is 0.162 e. The average Bonchev–Trinajstić information content (AvgIpc) is 3.41. The smallest absolute Gasteiger partial charge is 0.162 e. The second-order valence-electron chi connectivity index (χ2n) is 8.38. The molecule has 186 valence electrons. The highest BCUT2D eigenvalue weighted by Crippen LogP contribution is 2.39. The molecule has 1 aromatic heterocycles. The van der Waals surface area contributed by atoms with Gasteiger partial charge in [-0.05, 0) is 72.3 Å². The van der Waals surface area contributed by atoms with Gasteiger partial charge < -0.3 is 18.9 Å². The molecule has 1 heterocycles. The predicted octanol–water partition coefficient (Wildman–Crippen LogP) is 6.81. The van der Waals surface area contributed by atoms with Crippen molar-refractivity contribution in [3.8, 4) is 51.2 Å². The average molecular weight is 493 g/mol. The van der Waals surface area contributed by atoms with Gasteiger partial charge >= 0.3 is 0 Å². The monoisotopic (exact) mass is 492 g/mol. The van der Waals surface area contributed by atoms with E-state index in [0.29, 0.717) is 18.1 Å². The van der Waals surface area contributed by atoms with E-state index >= 15 is 0 Å². The van der Waals surface area contributed by atoms with Crippen LogP contribution in [0.1, 0.15) is 5.56 Å². The molecular formula is C31H28N2O4. The fourth-order valence-corrected chi connectivity index (χ4v) is 4.20. The Morgan fingerprint density at radius 2 is 1.30 bits per heavy atom. The SMILES string of the molecule is COc1ccc(-c2ncn(-c3ccc(OC)cc3)c2-c2ccc(OC)c(OCc3ccccc3)c2)cc1. The minimum Gasteiger partial charge on any atom is -0.497 e. The van der Waals surface area contributed by atoms with Crippen molar-refractivity contribution in [1.82, 2.24) is 9.55 Å². The summed E-state index contributed by atoms with van der Waals surface area (Å²) in [5.74, 6) is 2.91. The molecule has 0 bridgehead atoms. The first-order valence-corrected chi connectivity index (χ1v) is 11.9. The second-order valence-corrected chi connectivity index (χ2v) is 8.38. The van der Waals surface area contributed by atoms with Crippen LogP contribution in [0.4, 0.5) is 0 Å². The number of hydrogen-bond donors (Lipinski definition) is 0. The van der Waals surface area contributed by atoms with Crippen LogP contribution in [0.15, 0.2) is 103 Å². The number of rotatable bonds is 9. The van der Waals surface area contributed by atoms with Gasteiger partial charge in [0.05, 0.1) is 32.7 Å². The van der Waals surface area contributed by atoms with E-state index in [9.17, 15) is 0 Å². The Labute approximate surface area is 216 Å². The minimum absolute atomic E-state index is 0.434. The van der Waals surface area contributed by atoms with E-state index in [0.717, 1.165) is 45.3 Å². The van der Waals surface area contributed by atoms with Crippen LogP contribution in [0, 0.1) is 0 Å². The highest BCUT2D eigenvalue weighted by molar-refractivity contribution is 5.81. The van der Waals surface area contributed by atoms with Crippen molar-refractivity contribution < 1.29 is 18.9 Å². The molecule has 0 atom stereocenters. The van der Waals surface area contributed by atoms with Gasteiger partial charge in [0.15, 0.2) is 11.5 Å². The summed E-state index contributed by atoms with van der Waals surface area (Å²) in [5, 5.41) is 0. The van der Waals surface area contributed by atoms with Crippen molar-refractivity contribution in [2.75, 3.05) is 21.3 Å². The van der Waals surface area contributed by atoms with Crippen molar-refractivity contribution in [2.45, 2.75) is 6.61 Å². The number of methoxy groups -OCH3 is 3. The summed E-state index contributed by atoms with van der Waals surface area (Å²) < 4.78 is 24.6. The molecule has 0 amide bonds. The summed E-state index contributed by atoms with van der Waals surface area (Å²) in [7, 11) is 4.97. The summed E-state index contributed by atoms with van der Waals surface area (Å²) in [6.07, 6.45) is 1.84. The molecule has 0 fully saturated rings. The summed E-state index contributed by atoms with van der Waals surface area (Å²) in [6, 6.07) is 31.8. The first kappa shape index (κ1) is 24.0. The zero-order valence-corrected chi connectivity index (χ0v) is 21.0. The summed E-state index contributed by atoms with van der Waals surface area (Å²) in [5.41, 5.74) is 5.75. The Kier molecular flexibility index (Phi) is 7.08. The molecule has 0 unspecified atom stereocenters. The standard InChI is InChI=1S/C31H28N2O4/c1-34-26-14-9-23(10-15-26)30-31(33(21-32-30)25-12-16-27(35-2)17-13-25)24-11-18-28(36-3)29(19-24)37-20-22-7-5-4-6-8-22/h4-19,21H,20H2,1-3H3. The lowest BCUT2D eigenvalue weighted by Gasteiger charge is -2.15. The van der Waals surface area contributed by atoms with Gasteiger partial charge in [0.1, 0.15) is 24.4 Å². The first-order chi connectivity index (χ1) is 18.2. The normalized spacial score (nSPS) is 10.7. The van der Waals surface area contributed by atoms with Gasteiger partial charge in [0.25, 0.3) is 0 Å². The fourth-order valence-electron chi connectivity index (χ4n) is 4.20. The molecule has 0 N–H and O–H groups in total. The Morgan fingerprint density at radius 3 is 1.95 bits per heavy atom. The second kappa shape index (κ2) is 10.9. The zero-order chi connectivity index (χ0) is 25.6. The Bertz CT molecular complexity index is 1400. The van der Waals surface area contributed by atoms with E-state index in [-0.39, 0.29) is 0 Å². The van der Waals surface area contributed by atoms with Crippen LogP contribution < -0.4 is 18.9 Å². The van der Waals surface area contributed by atoms with Crippen LogP contribution in [0.5, 0.6) is 23.0 Å². The molecule has 0 aliphatic heterocycles. The van der Waals surface area contributed by atoms with Gasteiger partial charge in [-0.3, -0.25) is 4.57 Å². The number of benzene rings is 4. The van der Waals surface area contributed by atoms with Crippen molar-refractivity contribution in [3.05, 3.63) is 109 Å². The van der Waals surface area contributed by atoms with Gasteiger partial charge in [-0.15, -0.1) is 0 Å². The van der Waals surface area contributed by atoms with E-state index < -0.39 is 0 Å². The first-order valence-electron chi connectivity index (χ1n) is 11.9. The molecule has 0 aliphatic rings. The van der Waals surface area contributed by atoms with Crippen LogP contribution in [-0.2, 0) is 6.61 Å². The van der Waals surface area contributed by atoms with E-state index in [2.05, 4.69) is 4.57 Å². The number of ether oxygens (including phenoxy) is 4. The summed E-state index contributed by atoms with van der Waals surface area (Å²) in [6.45, 7) is 0.434. The molecule has 5 aromatic rings. The third-order valence-corrected chi connectivity index (χ3v) is 6.16. The molecule has 0 spiro atoms. The van der Waals surface area contributed by atoms with Gasteiger partial charge in [0.2, 0.25) is 0 Å². The number of imidazole rings is 1. The predicted molar refractivity (Wildman–Crippen MR) is 145 cm³/mol. The molecule has 0 aliphatic carbocycles. The third kappa shape index (κ3) is 5.14. The van der Waals surface area contributed by atoms with Crippen LogP contribution in [0.2, 0.25) is 0 Å². The van der Waals surface area contributed by atoms with Crippen LogP contribution in [0.25, 0.3) is 28.2 Å². The lowest BCUT2D eigenvalue weighted by molar-refractivity contribution is 0.284. The molecule has 6 heteroatoms. The zero-order valence-electron chi connectivity index (χ0n) is 21.0. The molecule has 0 radical (unpaired) electrons. The molecule has 4 aromatic carbocycles. The molecule has 5 rings (SSSR count). The van der Waals surface area contributed by atoms with E-state index in [1.807, 2.05) is 103 Å². The van der Waals surface area contributed by atoms with Gasteiger partial charge in [-0.2, -0.15) is 0 Å². The fraction of sp³-hybridized carbons (Fsp3) is 0.129. The largest absolute Gasteiger partial charge is 0.497 e. The van der Waals surface area contributed by atoms with Crippen molar-refractivity contribution >= 4 is 0 Å². The summed E-state index contributed by atoms with van der Waals surface area (Å²) >= 11 is 0. The molecule has 0 saturated carbocycles. The molecule has 0 saturated heterocycles. The van der Waals surface area contributed by atoms with Gasteiger partial charge in [0, 0.05) is 16.8 Å². The quantitative estimate of drug-likeness (QED) is 0.226. The van der Waals surface area contributed by atoms with Crippen molar-refractivity contribution in [2.24, 2.45) is 0 Å². The van der Waals surface area contributed by atoms with E-state index in [4.69, 9.17) is 23.9 Å². The van der Waals surface area contributed by atoms with Gasteiger partial charge in [-0.25, -0.2) is 4.98 Å². The third-order valence-electron chi connectivity index (χ3n) is 6.16. The molecule has 37 heavy (non-hydrogen) atoms. The number of aromatic nitrogens is 2. The van der Waals surface area contributed by atoms with E-state index in [1.165, 1.54) is 0 Å². The highest BCUT2D eigenvalue weighted by Gasteiger charge is 2.19. The topological polar surface area (TPSA) is 54.7 Å². The van der Waals surface area contributed by atoms with Gasteiger partial charge in [-0.1, -0.05) is 30.3 Å². The van der Waals surface area contributed by atoms with Crippen LogP contribution >= 0.6 is 0 Å². The lowest BCUT2D eigenvalue weighted by Crippen LogP contribution is -2.00. The Morgan fingerprint density at radius 1 is 0.649 bits per heavy atom. The van der Waals surface area contributed by atoms with Crippen LogP contribution in [-0.4, -0.2) is 30.9 Å². The lowest BCUT2D eigenvalue weighted by atomic mass is 10.0. The number of nitrogens with zero attached hydrogens (tertiary/aromatic N) is 2. The maximum atomic E-state index is 6.22. The minimum atomic E-state index is 0.434. The summed E-state index contributed by atoms with van der Waals surface area (Å²) in [4.78, 5) is 4.82. The highest BCUT2D eigenvalue weighted by atomic mass is 16.5. The van der Waals surface area contributed by atoms with Crippen molar-refractivity contribution in [1.29, 1.82) is 0 Å².